The minimum absolute atomic E-state index is 0.760. The first kappa shape index (κ1) is 11.3. The fourth-order valence-corrected chi connectivity index (χ4v) is 3.00. The van der Waals surface area contributed by atoms with Crippen molar-refractivity contribution >= 4 is 0 Å². The molecule has 2 unspecified atom stereocenters. The second-order valence-corrected chi connectivity index (χ2v) is 5.79. The zero-order valence-corrected chi connectivity index (χ0v) is 10.8. The Morgan fingerprint density at radius 2 is 2.12 bits per heavy atom. The molecule has 0 radical (unpaired) electrons. The molecule has 1 nitrogen and oxygen atoms in total. The first-order valence-corrected chi connectivity index (χ1v) is 7.18. The molecule has 92 valence electrons. The zero-order chi connectivity index (χ0) is 11.7. The van der Waals surface area contributed by atoms with E-state index < -0.39 is 0 Å². The molecule has 3 rings (SSSR count). The van der Waals surface area contributed by atoms with Gasteiger partial charge in [-0.05, 0) is 36.3 Å². The lowest BCUT2D eigenvalue weighted by molar-refractivity contribution is 0.415. The fraction of sp³-hybridized carbons (Fsp3) is 0.625. The highest BCUT2D eigenvalue weighted by atomic mass is 14.9. The lowest BCUT2D eigenvalue weighted by atomic mass is 9.77. The van der Waals surface area contributed by atoms with Gasteiger partial charge in [-0.2, -0.15) is 0 Å². The van der Waals surface area contributed by atoms with Crippen LogP contribution in [-0.4, -0.2) is 12.6 Å². The Morgan fingerprint density at radius 3 is 2.82 bits per heavy atom. The quantitative estimate of drug-likeness (QED) is 0.787. The van der Waals surface area contributed by atoms with Gasteiger partial charge < -0.3 is 5.32 Å². The van der Waals surface area contributed by atoms with Gasteiger partial charge in [0.1, 0.15) is 0 Å². The average molecular weight is 229 g/mol. The van der Waals surface area contributed by atoms with E-state index in [0.29, 0.717) is 0 Å². The zero-order valence-electron chi connectivity index (χ0n) is 10.8. The Labute approximate surface area is 105 Å². The Bertz CT molecular complexity index is 381. The summed E-state index contributed by atoms with van der Waals surface area (Å²) in [4.78, 5) is 0. The highest BCUT2D eigenvalue weighted by molar-refractivity contribution is 5.40. The SMILES string of the molecule is CCC(CC1CC1)NCC1Cc2ccccc21. The van der Waals surface area contributed by atoms with Crippen molar-refractivity contribution in [2.24, 2.45) is 5.92 Å². The number of nitrogens with one attached hydrogen (secondary N) is 1. The van der Waals surface area contributed by atoms with Gasteiger partial charge in [-0.25, -0.2) is 0 Å². The van der Waals surface area contributed by atoms with Crippen LogP contribution in [0.1, 0.15) is 49.7 Å². The van der Waals surface area contributed by atoms with Crippen LogP contribution in [0.2, 0.25) is 0 Å². The van der Waals surface area contributed by atoms with E-state index in [9.17, 15) is 0 Å². The largest absolute Gasteiger partial charge is 0.313 e. The summed E-state index contributed by atoms with van der Waals surface area (Å²) in [7, 11) is 0. The van der Waals surface area contributed by atoms with Gasteiger partial charge in [-0.1, -0.05) is 44.0 Å². The van der Waals surface area contributed by atoms with Gasteiger partial charge in [0.2, 0.25) is 0 Å². The molecule has 2 atom stereocenters. The monoisotopic (exact) mass is 229 g/mol. The summed E-state index contributed by atoms with van der Waals surface area (Å²) < 4.78 is 0. The molecule has 0 aromatic heterocycles. The minimum atomic E-state index is 0.760. The van der Waals surface area contributed by atoms with Crippen molar-refractivity contribution in [3.8, 4) is 0 Å². The van der Waals surface area contributed by atoms with E-state index in [1.807, 2.05) is 0 Å². The van der Waals surface area contributed by atoms with Crippen LogP contribution in [0.4, 0.5) is 0 Å². The molecule has 2 aliphatic rings. The average Bonchev–Trinajstić information content (AvgIpc) is 3.12. The normalized spacial score (nSPS) is 23.9. The topological polar surface area (TPSA) is 12.0 Å². The van der Waals surface area contributed by atoms with Crippen molar-refractivity contribution in [2.75, 3.05) is 6.54 Å². The van der Waals surface area contributed by atoms with E-state index in [-0.39, 0.29) is 0 Å². The van der Waals surface area contributed by atoms with Crippen LogP contribution in [0.3, 0.4) is 0 Å². The summed E-state index contributed by atoms with van der Waals surface area (Å²) in [5.74, 6) is 1.82. The number of rotatable bonds is 6. The maximum Gasteiger partial charge on any atom is 0.00673 e. The summed E-state index contributed by atoms with van der Waals surface area (Å²) in [5, 5.41) is 3.78. The molecule has 1 aromatic rings. The molecule has 0 spiro atoms. The lowest BCUT2D eigenvalue weighted by Gasteiger charge is -2.31. The molecule has 1 saturated carbocycles. The van der Waals surface area contributed by atoms with Crippen molar-refractivity contribution in [3.05, 3.63) is 35.4 Å². The van der Waals surface area contributed by atoms with Gasteiger partial charge in [0.15, 0.2) is 0 Å². The standard InChI is InChI=1S/C16H23N/c1-2-15(9-12-7-8-12)17-11-14-10-13-5-3-4-6-16(13)14/h3-6,12,14-15,17H,2,7-11H2,1H3. The second-order valence-electron chi connectivity index (χ2n) is 5.79. The summed E-state index contributed by atoms with van der Waals surface area (Å²) >= 11 is 0. The maximum absolute atomic E-state index is 3.78. The van der Waals surface area contributed by atoms with Crippen molar-refractivity contribution in [3.63, 3.8) is 0 Å². The Morgan fingerprint density at radius 1 is 1.29 bits per heavy atom. The van der Waals surface area contributed by atoms with Gasteiger partial charge in [-0.15, -0.1) is 0 Å². The molecular formula is C16H23N. The summed E-state index contributed by atoms with van der Waals surface area (Å²) in [6, 6.07) is 9.66. The van der Waals surface area contributed by atoms with Crippen molar-refractivity contribution in [1.82, 2.24) is 5.32 Å². The highest BCUT2D eigenvalue weighted by Gasteiger charge is 2.28. The number of benzene rings is 1. The van der Waals surface area contributed by atoms with E-state index in [2.05, 4.69) is 36.5 Å². The molecule has 0 saturated heterocycles. The predicted molar refractivity (Wildman–Crippen MR) is 72.3 cm³/mol. The summed E-state index contributed by atoms with van der Waals surface area (Å²) in [6.07, 6.45) is 6.92. The van der Waals surface area contributed by atoms with Crippen LogP contribution in [0.5, 0.6) is 0 Å². The molecule has 0 amide bonds. The predicted octanol–water partition coefficient (Wildman–Crippen LogP) is 3.49. The molecule has 1 fully saturated rings. The molecule has 1 aromatic carbocycles. The van der Waals surface area contributed by atoms with Crippen LogP contribution in [0, 0.1) is 5.92 Å². The van der Waals surface area contributed by atoms with Gasteiger partial charge >= 0.3 is 0 Å². The van der Waals surface area contributed by atoms with Gasteiger partial charge in [0.05, 0.1) is 0 Å². The van der Waals surface area contributed by atoms with E-state index in [1.165, 1.54) is 38.6 Å². The molecule has 2 aliphatic carbocycles. The van der Waals surface area contributed by atoms with Crippen LogP contribution in [-0.2, 0) is 6.42 Å². The third-order valence-corrected chi connectivity index (χ3v) is 4.42. The van der Waals surface area contributed by atoms with E-state index >= 15 is 0 Å². The third kappa shape index (κ3) is 2.55. The van der Waals surface area contributed by atoms with Crippen LogP contribution in [0.15, 0.2) is 24.3 Å². The van der Waals surface area contributed by atoms with Crippen LogP contribution in [0.25, 0.3) is 0 Å². The van der Waals surface area contributed by atoms with E-state index in [1.54, 1.807) is 11.1 Å². The number of hydrogen-bond donors (Lipinski definition) is 1. The maximum atomic E-state index is 3.78. The third-order valence-electron chi connectivity index (χ3n) is 4.42. The molecule has 17 heavy (non-hydrogen) atoms. The lowest BCUT2D eigenvalue weighted by Crippen LogP contribution is -2.36. The molecule has 1 heteroatoms. The first-order valence-electron chi connectivity index (χ1n) is 7.18. The smallest absolute Gasteiger partial charge is 0.00673 e. The van der Waals surface area contributed by atoms with Gasteiger partial charge in [0.25, 0.3) is 0 Å². The van der Waals surface area contributed by atoms with Crippen molar-refractivity contribution in [2.45, 2.75) is 51.0 Å². The summed E-state index contributed by atoms with van der Waals surface area (Å²) in [5.41, 5.74) is 3.15. The van der Waals surface area contributed by atoms with Crippen molar-refractivity contribution in [1.29, 1.82) is 0 Å². The molecule has 0 bridgehead atoms. The molecular weight excluding hydrogens is 206 g/mol. The number of fused-ring (bicyclic) bond motifs is 1. The van der Waals surface area contributed by atoms with E-state index in [4.69, 9.17) is 0 Å². The highest BCUT2D eigenvalue weighted by Crippen LogP contribution is 2.36. The van der Waals surface area contributed by atoms with Crippen LogP contribution < -0.4 is 5.32 Å². The first-order chi connectivity index (χ1) is 8.36. The van der Waals surface area contributed by atoms with Gasteiger partial charge in [-0.3, -0.25) is 0 Å². The molecule has 1 N–H and O–H groups in total. The van der Waals surface area contributed by atoms with E-state index in [0.717, 1.165) is 17.9 Å². The van der Waals surface area contributed by atoms with Crippen molar-refractivity contribution < 1.29 is 0 Å². The van der Waals surface area contributed by atoms with Crippen LogP contribution >= 0.6 is 0 Å². The minimum Gasteiger partial charge on any atom is -0.313 e. The Hall–Kier alpha value is -0.820. The second kappa shape index (κ2) is 4.81. The molecule has 0 aliphatic heterocycles. The molecule has 0 heterocycles. The fourth-order valence-electron chi connectivity index (χ4n) is 3.00. The Kier molecular flexibility index (Phi) is 3.19. The summed E-state index contributed by atoms with van der Waals surface area (Å²) in [6.45, 7) is 3.50. The van der Waals surface area contributed by atoms with Gasteiger partial charge in [0, 0.05) is 18.5 Å². The Balaban J connectivity index is 1.48. The number of hydrogen-bond acceptors (Lipinski definition) is 1.